The number of likely N-dealkylation sites (tertiary alicyclic amines) is 1. The zero-order valence-electron chi connectivity index (χ0n) is 15.9. The summed E-state index contributed by atoms with van der Waals surface area (Å²) in [6.07, 6.45) is -4.13. The van der Waals surface area contributed by atoms with E-state index in [9.17, 15) is 23.1 Å². The molecule has 3 atom stereocenters. The second-order valence-electron chi connectivity index (χ2n) is 8.22. The number of nitrogens with zero attached hydrogens (tertiary/aromatic N) is 2. The molecule has 3 fully saturated rings. The van der Waals surface area contributed by atoms with Gasteiger partial charge in [0.15, 0.2) is 0 Å². The van der Waals surface area contributed by atoms with E-state index in [1.807, 2.05) is 4.90 Å². The first-order chi connectivity index (χ1) is 13.2. The summed E-state index contributed by atoms with van der Waals surface area (Å²) >= 11 is 0. The van der Waals surface area contributed by atoms with Gasteiger partial charge in [-0.2, -0.15) is 13.2 Å². The average Bonchev–Trinajstić information content (AvgIpc) is 2.62. The molecular weight excluding hydrogens is 381 g/mol. The summed E-state index contributed by atoms with van der Waals surface area (Å²) in [5.41, 5.74) is -0.816. The number of piperidine rings is 1. The van der Waals surface area contributed by atoms with Crippen LogP contribution >= 0.6 is 0 Å². The molecule has 0 aromatic rings. The Hall–Kier alpha value is -1.10. The first kappa shape index (κ1) is 21.6. The van der Waals surface area contributed by atoms with Crippen LogP contribution in [0.5, 0.6) is 0 Å². The number of aliphatic hydroxyl groups excluding tert-OH is 1. The topological polar surface area (TPSA) is 82.5 Å². The highest BCUT2D eigenvalue weighted by Crippen LogP contribution is 2.39. The van der Waals surface area contributed by atoms with Gasteiger partial charge < -0.3 is 24.6 Å². The predicted octanol–water partition coefficient (Wildman–Crippen LogP) is 1.80. The first-order valence-electron chi connectivity index (χ1n) is 9.86. The zero-order valence-corrected chi connectivity index (χ0v) is 15.9. The van der Waals surface area contributed by atoms with Crippen molar-refractivity contribution in [2.24, 2.45) is 11.8 Å². The van der Waals surface area contributed by atoms with Crippen molar-refractivity contribution in [2.45, 2.75) is 43.6 Å². The third-order valence-electron chi connectivity index (χ3n) is 6.13. The van der Waals surface area contributed by atoms with E-state index >= 15 is 0 Å². The Morgan fingerprint density at radius 3 is 2.54 bits per heavy atom. The normalized spacial score (nSPS) is 30.4. The Bertz CT molecular complexity index is 534. The molecule has 3 aliphatic heterocycles. The number of amides is 1. The Labute approximate surface area is 162 Å². The van der Waals surface area contributed by atoms with E-state index in [2.05, 4.69) is 0 Å². The summed E-state index contributed by atoms with van der Waals surface area (Å²) < 4.78 is 51.8. The second kappa shape index (κ2) is 8.73. The lowest BCUT2D eigenvalue weighted by atomic mass is 9.86. The van der Waals surface area contributed by atoms with E-state index in [1.54, 1.807) is 0 Å². The van der Waals surface area contributed by atoms with Crippen LogP contribution in [-0.2, 0) is 9.47 Å². The van der Waals surface area contributed by atoms with Gasteiger partial charge in [-0.25, -0.2) is 4.79 Å². The van der Waals surface area contributed by atoms with Gasteiger partial charge in [0.2, 0.25) is 0 Å². The fourth-order valence-electron chi connectivity index (χ4n) is 4.60. The smallest absolute Gasteiger partial charge is 0.407 e. The SMILES string of the molecule is O=C(O)N1CCC2(CC1)CN(CC1CCCOC1)C[C@@H](C(CO)C(F)(F)F)O2. The third kappa shape index (κ3) is 5.08. The van der Waals surface area contributed by atoms with Crippen LogP contribution in [0.25, 0.3) is 0 Å². The van der Waals surface area contributed by atoms with Gasteiger partial charge in [-0.15, -0.1) is 0 Å². The summed E-state index contributed by atoms with van der Waals surface area (Å²) in [5.74, 6) is -1.69. The second-order valence-corrected chi connectivity index (χ2v) is 8.22. The minimum absolute atomic E-state index is 0.103. The van der Waals surface area contributed by atoms with Crippen molar-refractivity contribution < 1.29 is 37.7 Å². The van der Waals surface area contributed by atoms with Crippen LogP contribution in [0.3, 0.4) is 0 Å². The van der Waals surface area contributed by atoms with Crippen molar-refractivity contribution >= 4 is 6.09 Å². The van der Waals surface area contributed by atoms with Crippen molar-refractivity contribution in [2.75, 3.05) is 52.5 Å². The van der Waals surface area contributed by atoms with Gasteiger partial charge in [-0.05, 0) is 31.6 Å². The number of morpholine rings is 1. The molecule has 3 saturated heterocycles. The minimum Gasteiger partial charge on any atom is -0.465 e. The number of aliphatic hydroxyl groups is 1. The molecule has 0 aromatic carbocycles. The average molecular weight is 410 g/mol. The van der Waals surface area contributed by atoms with Crippen molar-refractivity contribution in [3.05, 3.63) is 0 Å². The third-order valence-corrected chi connectivity index (χ3v) is 6.13. The van der Waals surface area contributed by atoms with Crippen LogP contribution in [0.15, 0.2) is 0 Å². The first-order valence-corrected chi connectivity index (χ1v) is 9.86. The molecule has 10 heteroatoms. The van der Waals surface area contributed by atoms with E-state index in [4.69, 9.17) is 14.6 Å². The van der Waals surface area contributed by atoms with Crippen molar-refractivity contribution in [3.63, 3.8) is 0 Å². The van der Waals surface area contributed by atoms with Crippen LogP contribution in [0.2, 0.25) is 0 Å². The molecule has 2 unspecified atom stereocenters. The predicted molar refractivity (Wildman–Crippen MR) is 93.0 cm³/mol. The number of hydrogen-bond acceptors (Lipinski definition) is 5. The maximum atomic E-state index is 13.4. The zero-order chi connectivity index (χ0) is 20.4. The highest BCUT2D eigenvalue weighted by atomic mass is 19.4. The molecule has 28 heavy (non-hydrogen) atoms. The van der Waals surface area contributed by atoms with Crippen molar-refractivity contribution in [1.82, 2.24) is 9.80 Å². The van der Waals surface area contributed by atoms with Gasteiger partial charge in [-0.1, -0.05) is 0 Å². The van der Waals surface area contributed by atoms with Gasteiger partial charge in [0, 0.05) is 39.3 Å². The Morgan fingerprint density at radius 1 is 1.29 bits per heavy atom. The number of halogens is 3. The monoisotopic (exact) mass is 410 g/mol. The molecule has 0 aromatic heterocycles. The van der Waals surface area contributed by atoms with Gasteiger partial charge in [0.05, 0.1) is 24.9 Å². The molecular formula is C18H29F3N2O5. The van der Waals surface area contributed by atoms with E-state index < -0.39 is 36.5 Å². The molecule has 3 heterocycles. The molecule has 1 amide bonds. The summed E-state index contributed by atoms with van der Waals surface area (Å²) in [6, 6.07) is 0. The Kier molecular flexibility index (Phi) is 6.73. The quantitative estimate of drug-likeness (QED) is 0.736. The number of alkyl halides is 3. The number of carbonyl (C=O) groups is 1. The highest BCUT2D eigenvalue weighted by molar-refractivity contribution is 5.65. The Morgan fingerprint density at radius 2 is 2.00 bits per heavy atom. The van der Waals surface area contributed by atoms with E-state index in [0.717, 1.165) is 19.4 Å². The summed E-state index contributed by atoms with van der Waals surface area (Å²) in [4.78, 5) is 14.4. The standard InChI is InChI=1S/C18H29F3N2O5/c19-18(20,21)14(10-24)15-9-22(8-13-2-1-7-27-11-13)12-17(28-15)3-5-23(6-4-17)16(25)26/h13-15,24H,1-12H2,(H,25,26)/t13?,14?,15-/m0/s1. The maximum absolute atomic E-state index is 13.4. The van der Waals surface area contributed by atoms with Crippen LogP contribution < -0.4 is 0 Å². The number of rotatable bonds is 4. The van der Waals surface area contributed by atoms with E-state index in [1.165, 1.54) is 4.90 Å². The van der Waals surface area contributed by atoms with E-state index in [0.29, 0.717) is 32.5 Å². The molecule has 2 N–H and O–H groups in total. The molecule has 1 spiro atoms. The van der Waals surface area contributed by atoms with Crippen LogP contribution in [0.4, 0.5) is 18.0 Å². The molecule has 7 nitrogen and oxygen atoms in total. The van der Waals surface area contributed by atoms with Gasteiger partial charge >= 0.3 is 12.3 Å². The van der Waals surface area contributed by atoms with Gasteiger partial charge in [0.1, 0.15) is 5.92 Å². The highest BCUT2D eigenvalue weighted by Gasteiger charge is 2.52. The molecule has 0 saturated carbocycles. The molecule has 0 aliphatic carbocycles. The van der Waals surface area contributed by atoms with Crippen LogP contribution in [-0.4, -0.2) is 96.5 Å². The fraction of sp³-hybridized carbons (Fsp3) is 0.944. The van der Waals surface area contributed by atoms with Gasteiger partial charge in [-0.3, -0.25) is 4.90 Å². The summed E-state index contributed by atoms with van der Waals surface area (Å²) in [6.45, 7) is 1.97. The fourth-order valence-corrected chi connectivity index (χ4v) is 4.60. The summed E-state index contributed by atoms with van der Waals surface area (Å²) in [7, 11) is 0. The molecule has 3 rings (SSSR count). The van der Waals surface area contributed by atoms with Crippen LogP contribution in [0, 0.1) is 11.8 Å². The maximum Gasteiger partial charge on any atom is 0.407 e. The largest absolute Gasteiger partial charge is 0.465 e. The van der Waals surface area contributed by atoms with Crippen molar-refractivity contribution in [3.8, 4) is 0 Å². The van der Waals surface area contributed by atoms with Crippen LogP contribution in [0.1, 0.15) is 25.7 Å². The molecule has 0 radical (unpaired) electrons. The number of ether oxygens (including phenoxy) is 2. The molecule has 0 bridgehead atoms. The number of carboxylic acid groups (broad SMARTS) is 1. The lowest BCUT2D eigenvalue weighted by molar-refractivity contribution is -0.260. The van der Waals surface area contributed by atoms with Gasteiger partial charge in [0.25, 0.3) is 0 Å². The number of hydrogen-bond donors (Lipinski definition) is 2. The minimum atomic E-state index is -4.56. The lowest BCUT2D eigenvalue weighted by Gasteiger charge is -2.51. The van der Waals surface area contributed by atoms with E-state index in [-0.39, 0.29) is 25.6 Å². The summed E-state index contributed by atoms with van der Waals surface area (Å²) in [5, 5.41) is 18.6. The molecule has 3 aliphatic rings. The van der Waals surface area contributed by atoms with Crippen molar-refractivity contribution in [1.29, 1.82) is 0 Å². The lowest BCUT2D eigenvalue weighted by Crippen LogP contribution is -2.63. The molecule has 162 valence electrons. The Balaban J connectivity index is 1.74.